The number of nitrogens with zero attached hydrogens (tertiary/aromatic N) is 3. The summed E-state index contributed by atoms with van der Waals surface area (Å²) in [5.41, 5.74) is 2.00. The predicted molar refractivity (Wildman–Crippen MR) is 89.3 cm³/mol. The van der Waals surface area contributed by atoms with Gasteiger partial charge in [0.2, 0.25) is 0 Å². The molecule has 1 fully saturated rings. The van der Waals surface area contributed by atoms with Gasteiger partial charge in [0.05, 0.1) is 0 Å². The molecule has 1 aliphatic heterocycles. The number of benzene rings is 1. The van der Waals surface area contributed by atoms with Gasteiger partial charge >= 0.3 is 6.03 Å². The van der Waals surface area contributed by atoms with Gasteiger partial charge in [0.25, 0.3) is 0 Å². The van der Waals surface area contributed by atoms with Crippen LogP contribution in [0.3, 0.4) is 0 Å². The molecule has 2 aromatic rings. The summed E-state index contributed by atoms with van der Waals surface area (Å²) in [5.74, 6) is 2.29. The van der Waals surface area contributed by atoms with Crippen LogP contribution < -0.4 is 5.32 Å². The molecule has 0 saturated carbocycles. The Morgan fingerprint density at radius 3 is 2.78 bits per heavy atom. The molecule has 2 N–H and O–H groups in total. The maximum atomic E-state index is 12.3. The van der Waals surface area contributed by atoms with Crippen molar-refractivity contribution in [3.8, 4) is 0 Å². The lowest BCUT2D eigenvalue weighted by molar-refractivity contribution is 0.182. The lowest BCUT2D eigenvalue weighted by Crippen LogP contribution is -2.41. The molecule has 6 heteroatoms. The standard InChI is InChI=1S/C17H23N5O/c1-12-4-3-5-15(10-12)19-17(23)22-8-6-14(7-9-22)11-16-18-13(2)20-21-16/h3-5,10,14H,6-9,11H2,1-2H3,(H,19,23)(H,18,20,21). The van der Waals surface area contributed by atoms with Crippen molar-refractivity contribution in [3.05, 3.63) is 41.5 Å². The average Bonchev–Trinajstić information content (AvgIpc) is 2.93. The summed E-state index contributed by atoms with van der Waals surface area (Å²) in [6, 6.07) is 7.87. The van der Waals surface area contributed by atoms with Crippen molar-refractivity contribution in [2.24, 2.45) is 5.92 Å². The molecule has 122 valence electrons. The topological polar surface area (TPSA) is 73.9 Å². The van der Waals surface area contributed by atoms with Crippen LogP contribution in [0.1, 0.15) is 30.1 Å². The molecule has 0 aliphatic carbocycles. The fourth-order valence-corrected chi connectivity index (χ4v) is 3.00. The molecule has 1 saturated heterocycles. The van der Waals surface area contributed by atoms with Crippen LogP contribution in [0.4, 0.5) is 10.5 Å². The average molecular weight is 313 g/mol. The van der Waals surface area contributed by atoms with Gasteiger partial charge < -0.3 is 10.2 Å². The van der Waals surface area contributed by atoms with E-state index >= 15 is 0 Å². The lowest BCUT2D eigenvalue weighted by Gasteiger charge is -2.31. The Kier molecular flexibility index (Phi) is 4.60. The van der Waals surface area contributed by atoms with E-state index in [0.717, 1.165) is 55.3 Å². The second-order valence-electron chi connectivity index (χ2n) is 6.27. The smallest absolute Gasteiger partial charge is 0.321 e. The number of aromatic nitrogens is 3. The Labute approximate surface area is 136 Å². The summed E-state index contributed by atoms with van der Waals surface area (Å²) in [6.45, 7) is 5.50. The highest BCUT2D eigenvalue weighted by atomic mass is 16.2. The van der Waals surface area contributed by atoms with Crippen LogP contribution in [-0.4, -0.2) is 39.2 Å². The van der Waals surface area contributed by atoms with E-state index in [1.165, 1.54) is 0 Å². The molecule has 0 bridgehead atoms. The third-order valence-electron chi connectivity index (χ3n) is 4.29. The minimum atomic E-state index is -0.0113. The van der Waals surface area contributed by atoms with Gasteiger partial charge in [0.15, 0.2) is 5.82 Å². The van der Waals surface area contributed by atoms with Crippen LogP contribution in [0.25, 0.3) is 0 Å². The van der Waals surface area contributed by atoms with Crippen molar-refractivity contribution in [2.75, 3.05) is 18.4 Å². The minimum absolute atomic E-state index is 0.0113. The number of carbonyl (C=O) groups excluding carboxylic acids is 1. The van der Waals surface area contributed by atoms with Gasteiger partial charge in [-0.05, 0) is 50.3 Å². The summed E-state index contributed by atoms with van der Waals surface area (Å²) >= 11 is 0. The summed E-state index contributed by atoms with van der Waals surface area (Å²) in [5, 5.41) is 10.1. The normalized spacial score (nSPS) is 15.7. The molecule has 0 atom stereocenters. The minimum Gasteiger partial charge on any atom is -0.325 e. The maximum Gasteiger partial charge on any atom is 0.321 e. The third kappa shape index (κ3) is 4.09. The van der Waals surface area contributed by atoms with Crippen molar-refractivity contribution in [1.82, 2.24) is 20.1 Å². The van der Waals surface area contributed by atoms with Crippen molar-refractivity contribution in [2.45, 2.75) is 33.1 Å². The number of nitrogens with one attached hydrogen (secondary N) is 2. The fraction of sp³-hybridized carbons (Fsp3) is 0.471. The van der Waals surface area contributed by atoms with Crippen LogP contribution >= 0.6 is 0 Å². The number of likely N-dealkylation sites (tertiary alicyclic amines) is 1. The Balaban J connectivity index is 1.49. The molecule has 0 spiro atoms. The third-order valence-corrected chi connectivity index (χ3v) is 4.29. The van der Waals surface area contributed by atoms with E-state index in [1.54, 1.807) is 0 Å². The monoisotopic (exact) mass is 313 g/mol. The summed E-state index contributed by atoms with van der Waals surface area (Å²) in [7, 11) is 0. The van der Waals surface area contributed by atoms with E-state index in [0.29, 0.717) is 5.92 Å². The fourth-order valence-electron chi connectivity index (χ4n) is 3.00. The van der Waals surface area contributed by atoms with Gasteiger partial charge in [-0.1, -0.05) is 12.1 Å². The Hall–Kier alpha value is -2.37. The zero-order chi connectivity index (χ0) is 16.2. The van der Waals surface area contributed by atoms with Crippen molar-refractivity contribution in [1.29, 1.82) is 0 Å². The lowest BCUT2D eigenvalue weighted by atomic mass is 9.93. The second kappa shape index (κ2) is 6.81. The highest BCUT2D eigenvalue weighted by molar-refractivity contribution is 5.89. The Morgan fingerprint density at radius 2 is 2.13 bits per heavy atom. The molecule has 0 unspecified atom stereocenters. The number of anilines is 1. The Bertz CT molecular complexity index is 673. The summed E-state index contributed by atoms with van der Waals surface area (Å²) in [6.07, 6.45) is 2.88. The van der Waals surface area contributed by atoms with Gasteiger partial charge in [0, 0.05) is 25.2 Å². The molecule has 23 heavy (non-hydrogen) atoms. The first kappa shape index (κ1) is 15.5. The van der Waals surface area contributed by atoms with Crippen LogP contribution in [0, 0.1) is 19.8 Å². The molecule has 3 rings (SSSR count). The number of hydrogen-bond donors (Lipinski definition) is 2. The number of amides is 2. The van der Waals surface area contributed by atoms with E-state index in [1.807, 2.05) is 43.0 Å². The van der Waals surface area contributed by atoms with Gasteiger partial charge in [-0.25, -0.2) is 9.78 Å². The molecule has 6 nitrogen and oxygen atoms in total. The molecule has 0 radical (unpaired) electrons. The van der Waals surface area contributed by atoms with E-state index in [2.05, 4.69) is 20.5 Å². The van der Waals surface area contributed by atoms with Gasteiger partial charge in [0.1, 0.15) is 5.82 Å². The number of aromatic amines is 1. The maximum absolute atomic E-state index is 12.3. The quantitative estimate of drug-likeness (QED) is 0.915. The number of carbonyl (C=O) groups is 1. The van der Waals surface area contributed by atoms with Crippen molar-refractivity contribution >= 4 is 11.7 Å². The zero-order valence-corrected chi connectivity index (χ0v) is 13.7. The first-order chi connectivity index (χ1) is 11.1. The molecule has 1 aromatic carbocycles. The number of rotatable bonds is 3. The van der Waals surface area contributed by atoms with Crippen molar-refractivity contribution in [3.63, 3.8) is 0 Å². The molecular weight excluding hydrogens is 290 g/mol. The van der Waals surface area contributed by atoms with Gasteiger partial charge in [-0.15, -0.1) is 0 Å². The molecule has 2 amide bonds. The van der Waals surface area contributed by atoms with Crippen LogP contribution in [0.5, 0.6) is 0 Å². The SMILES string of the molecule is Cc1cccc(NC(=O)N2CCC(Cc3n[nH]c(C)n3)CC2)c1. The number of H-pyrrole nitrogens is 1. The van der Waals surface area contributed by atoms with Crippen LogP contribution in [0.15, 0.2) is 24.3 Å². The summed E-state index contributed by atoms with van der Waals surface area (Å²) in [4.78, 5) is 18.6. The largest absolute Gasteiger partial charge is 0.325 e. The number of piperidine rings is 1. The number of aryl methyl sites for hydroxylation is 2. The zero-order valence-electron chi connectivity index (χ0n) is 13.7. The van der Waals surface area contributed by atoms with Crippen molar-refractivity contribution < 1.29 is 4.79 Å². The Morgan fingerprint density at radius 1 is 1.35 bits per heavy atom. The molecular formula is C17H23N5O. The first-order valence-corrected chi connectivity index (χ1v) is 8.10. The molecule has 1 aliphatic rings. The highest BCUT2D eigenvalue weighted by Crippen LogP contribution is 2.21. The van der Waals surface area contributed by atoms with Crippen LogP contribution in [-0.2, 0) is 6.42 Å². The van der Waals surface area contributed by atoms with Gasteiger partial charge in [-0.3, -0.25) is 5.10 Å². The van der Waals surface area contributed by atoms with Crippen LogP contribution in [0.2, 0.25) is 0 Å². The molecule has 2 heterocycles. The van der Waals surface area contributed by atoms with E-state index in [-0.39, 0.29) is 6.03 Å². The summed E-state index contributed by atoms with van der Waals surface area (Å²) < 4.78 is 0. The highest BCUT2D eigenvalue weighted by Gasteiger charge is 2.23. The van der Waals surface area contributed by atoms with E-state index < -0.39 is 0 Å². The first-order valence-electron chi connectivity index (χ1n) is 8.10. The predicted octanol–water partition coefficient (Wildman–Crippen LogP) is 2.91. The number of hydrogen-bond acceptors (Lipinski definition) is 3. The van der Waals surface area contributed by atoms with Gasteiger partial charge in [-0.2, -0.15) is 5.10 Å². The molecule has 1 aromatic heterocycles. The second-order valence-corrected chi connectivity index (χ2v) is 6.27. The van der Waals surface area contributed by atoms with E-state index in [9.17, 15) is 4.79 Å². The van der Waals surface area contributed by atoms with E-state index in [4.69, 9.17) is 0 Å². The number of urea groups is 1.